The van der Waals surface area contributed by atoms with E-state index in [2.05, 4.69) is 21.6 Å². The van der Waals surface area contributed by atoms with Gasteiger partial charge in [-0.2, -0.15) is 0 Å². The normalized spacial score (nSPS) is 13.3. The zero-order valence-corrected chi connectivity index (χ0v) is 18.3. The topological polar surface area (TPSA) is 114 Å². The van der Waals surface area contributed by atoms with Crippen molar-refractivity contribution < 1.29 is 13.2 Å². The SMILES string of the molecule is C=CCNS(=O)(=O)c1ccc(Cc2cnc(N)c(-c3ccc4c(c3)CCNC4=O)c2)cc1. The van der Waals surface area contributed by atoms with Gasteiger partial charge in [0, 0.05) is 30.4 Å². The number of fused-ring (bicyclic) bond motifs is 1. The number of pyridine rings is 1. The quantitative estimate of drug-likeness (QED) is 0.481. The van der Waals surface area contributed by atoms with Gasteiger partial charge in [-0.25, -0.2) is 18.1 Å². The Labute approximate surface area is 187 Å². The van der Waals surface area contributed by atoms with Crippen molar-refractivity contribution in [3.63, 3.8) is 0 Å². The average molecular weight is 449 g/mol. The minimum absolute atomic E-state index is 0.0530. The number of carbonyl (C=O) groups excluding carboxylic acids is 1. The number of hydrogen-bond donors (Lipinski definition) is 3. The molecule has 32 heavy (non-hydrogen) atoms. The molecule has 0 bridgehead atoms. The summed E-state index contributed by atoms with van der Waals surface area (Å²) in [6.07, 6.45) is 4.57. The van der Waals surface area contributed by atoms with Gasteiger partial charge in [0.05, 0.1) is 4.90 Å². The van der Waals surface area contributed by atoms with Crippen molar-refractivity contribution in [2.45, 2.75) is 17.7 Å². The van der Waals surface area contributed by atoms with E-state index in [1.807, 2.05) is 24.3 Å². The number of sulfonamides is 1. The minimum atomic E-state index is -3.55. The lowest BCUT2D eigenvalue weighted by Crippen LogP contribution is -2.31. The molecule has 0 radical (unpaired) electrons. The van der Waals surface area contributed by atoms with Crippen LogP contribution in [-0.4, -0.2) is 32.4 Å². The lowest BCUT2D eigenvalue weighted by atomic mass is 9.94. The highest BCUT2D eigenvalue weighted by atomic mass is 32.2. The molecule has 7 nitrogen and oxygen atoms in total. The van der Waals surface area contributed by atoms with E-state index in [9.17, 15) is 13.2 Å². The fourth-order valence-corrected chi connectivity index (χ4v) is 4.71. The van der Waals surface area contributed by atoms with Gasteiger partial charge in [-0.1, -0.05) is 30.3 Å². The second-order valence-electron chi connectivity index (χ2n) is 7.62. The Morgan fingerprint density at radius 2 is 1.88 bits per heavy atom. The Morgan fingerprint density at radius 3 is 2.62 bits per heavy atom. The molecule has 0 saturated carbocycles. The third-order valence-corrected chi connectivity index (χ3v) is 6.81. The molecule has 0 saturated heterocycles. The Morgan fingerprint density at radius 1 is 1.09 bits per heavy atom. The predicted octanol–water partition coefficient (Wildman–Crippen LogP) is 2.67. The van der Waals surface area contributed by atoms with Crippen LogP contribution in [0.3, 0.4) is 0 Å². The maximum atomic E-state index is 12.2. The Bertz CT molecular complexity index is 1290. The average Bonchev–Trinajstić information content (AvgIpc) is 2.79. The number of carbonyl (C=O) groups is 1. The monoisotopic (exact) mass is 448 g/mol. The number of hydrogen-bond acceptors (Lipinski definition) is 5. The molecule has 3 aromatic rings. The van der Waals surface area contributed by atoms with E-state index in [0.717, 1.165) is 34.2 Å². The maximum Gasteiger partial charge on any atom is 0.251 e. The Hall–Kier alpha value is -3.49. The van der Waals surface area contributed by atoms with Crippen LogP contribution in [0.25, 0.3) is 11.1 Å². The van der Waals surface area contributed by atoms with Gasteiger partial charge in [-0.3, -0.25) is 4.79 Å². The lowest BCUT2D eigenvalue weighted by molar-refractivity contribution is 0.0946. The van der Waals surface area contributed by atoms with Gasteiger partial charge >= 0.3 is 0 Å². The van der Waals surface area contributed by atoms with Gasteiger partial charge in [-0.15, -0.1) is 6.58 Å². The van der Waals surface area contributed by atoms with Gasteiger partial charge in [-0.05, 0) is 59.4 Å². The zero-order valence-electron chi connectivity index (χ0n) is 17.5. The van der Waals surface area contributed by atoms with Crippen molar-refractivity contribution in [3.05, 3.63) is 89.6 Å². The third-order valence-electron chi connectivity index (χ3n) is 5.38. The second-order valence-corrected chi connectivity index (χ2v) is 9.38. The maximum absolute atomic E-state index is 12.2. The molecule has 0 atom stereocenters. The summed E-state index contributed by atoms with van der Waals surface area (Å²) in [4.78, 5) is 16.6. The molecular weight excluding hydrogens is 424 g/mol. The van der Waals surface area contributed by atoms with Crippen LogP contribution >= 0.6 is 0 Å². The summed E-state index contributed by atoms with van der Waals surface area (Å²) in [6, 6.07) is 14.4. The predicted molar refractivity (Wildman–Crippen MR) is 125 cm³/mol. The number of anilines is 1. The number of rotatable bonds is 7. The van der Waals surface area contributed by atoms with Crippen molar-refractivity contribution in [1.82, 2.24) is 15.0 Å². The molecule has 4 rings (SSSR count). The molecule has 164 valence electrons. The van der Waals surface area contributed by atoms with E-state index in [0.29, 0.717) is 24.3 Å². The van der Waals surface area contributed by atoms with Crippen LogP contribution in [0.15, 0.2) is 72.3 Å². The van der Waals surface area contributed by atoms with E-state index < -0.39 is 10.0 Å². The summed E-state index contributed by atoms with van der Waals surface area (Å²) >= 11 is 0. The summed E-state index contributed by atoms with van der Waals surface area (Å²) in [6.45, 7) is 4.32. The first-order valence-electron chi connectivity index (χ1n) is 10.2. The number of nitrogens with zero attached hydrogens (tertiary/aromatic N) is 1. The standard InChI is InChI=1S/C24H24N4O3S/c1-2-10-28-32(30,31)20-6-3-16(4-7-20)12-17-13-22(23(25)27-15-17)18-5-8-21-19(14-18)9-11-26-24(21)29/h2-8,13-15,28H,1,9-12H2,(H2,25,27)(H,26,29). The zero-order chi connectivity index (χ0) is 22.7. The van der Waals surface area contributed by atoms with Crippen LogP contribution in [0.2, 0.25) is 0 Å². The highest BCUT2D eigenvalue weighted by Gasteiger charge is 2.18. The number of nitrogen functional groups attached to an aromatic ring is 1. The van der Waals surface area contributed by atoms with Crippen LogP contribution in [0.1, 0.15) is 27.0 Å². The van der Waals surface area contributed by atoms with Crippen LogP contribution in [0.5, 0.6) is 0 Å². The summed E-state index contributed by atoms with van der Waals surface area (Å²) in [7, 11) is -3.55. The van der Waals surface area contributed by atoms with E-state index in [-0.39, 0.29) is 17.3 Å². The first-order chi connectivity index (χ1) is 15.4. The molecule has 8 heteroatoms. The van der Waals surface area contributed by atoms with Crippen molar-refractivity contribution in [2.24, 2.45) is 0 Å². The summed E-state index contributed by atoms with van der Waals surface area (Å²) in [5, 5.41) is 2.85. The number of aromatic nitrogens is 1. The van der Waals surface area contributed by atoms with Crippen LogP contribution in [0, 0.1) is 0 Å². The Balaban J connectivity index is 1.57. The number of nitrogens with one attached hydrogen (secondary N) is 2. The van der Waals surface area contributed by atoms with Crippen molar-refractivity contribution in [2.75, 3.05) is 18.8 Å². The lowest BCUT2D eigenvalue weighted by Gasteiger charge is -2.18. The van der Waals surface area contributed by atoms with Crippen LogP contribution < -0.4 is 15.8 Å². The summed E-state index contributed by atoms with van der Waals surface area (Å²) in [5.74, 6) is 0.367. The smallest absolute Gasteiger partial charge is 0.251 e. The molecule has 0 aliphatic carbocycles. The van der Waals surface area contributed by atoms with Gasteiger partial charge < -0.3 is 11.1 Å². The number of amides is 1. The van der Waals surface area contributed by atoms with E-state index in [1.54, 1.807) is 30.5 Å². The first-order valence-corrected chi connectivity index (χ1v) is 11.7. The molecular formula is C24H24N4O3S. The largest absolute Gasteiger partial charge is 0.383 e. The van der Waals surface area contributed by atoms with Gasteiger partial charge in [0.25, 0.3) is 5.91 Å². The fourth-order valence-electron chi connectivity index (χ4n) is 3.72. The highest BCUT2D eigenvalue weighted by Crippen LogP contribution is 2.29. The van der Waals surface area contributed by atoms with E-state index >= 15 is 0 Å². The molecule has 1 aromatic heterocycles. The van der Waals surface area contributed by atoms with Gasteiger partial charge in [0.2, 0.25) is 10.0 Å². The molecule has 1 aliphatic rings. The molecule has 1 amide bonds. The first kappa shape index (κ1) is 21.7. The highest BCUT2D eigenvalue weighted by molar-refractivity contribution is 7.89. The van der Waals surface area contributed by atoms with Crippen molar-refractivity contribution >= 4 is 21.7 Å². The van der Waals surface area contributed by atoms with Crippen molar-refractivity contribution in [1.29, 1.82) is 0 Å². The summed E-state index contributed by atoms with van der Waals surface area (Å²) < 4.78 is 26.9. The van der Waals surface area contributed by atoms with Crippen LogP contribution in [0.4, 0.5) is 5.82 Å². The van der Waals surface area contributed by atoms with E-state index in [4.69, 9.17) is 5.73 Å². The van der Waals surface area contributed by atoms with Gasteiger partial charge in [0.1, 0.15) is 5.82 Å². The number of benzene rings is 2. The third kappa shape index (κ3) is 4.56. The molecule has 0 unspecified atom stereocenters. The molecule has 0 spiro atoms. The second kappa shape index (κ2) is 8.94. The molecule has 2 aromatic carbocycles. The molecule has 2 heterocycles. The van der Waals surface area contributed by atoms with Crippen LogP contribution in [-0.2, 0) is 22.9 Å². The fraction of sp³-hybridized carbons (Fsp3) is 0.167. The van der Waals surface area contributed by atoms with Gasteiger partial charge in [0.15, 0.2) is 0 Å². The minimum Gasteiger partial charge on any atom is -0.383 e. The van der Waals surface area contributed by atoms with E-state index in [1.165, 1.54) is 6.08 Å². The number of nitrogens with two attached hydrogens (primary N) is 1. The summed E-state index contributed by atoms with van der Waals surface area (Å²) in [5.41, 5.74) is 11.5. The molecule has 1 aliphatic heterocycles. The Kier molecular flexibility index (Phi) is 6.07. The van der Waals surface area contributed by atoms with Crippen molar-refractivity contribution in [3.8, 4) is 11.1 Å². The molecule has 4 N–H and O–H groups in total. The molecule has 0 fully saturated rings.